The lowest BCUT2D eigenvalue weighted by molar-refractivity contribution is -0.143. The molecule has 2 amide bonds. The Morgan fingerprint density at radius 1 is 0.833 bits per heavy atom. The molecule has 0 saturated carbocycles. The third-order valence-corrected chi connectivity index (χ3v) is 4.44. The van der Waals surface area contributed by atoms with Crippen LogP contribution in [0.4, 0.5) is 0 Å². The van der Waals surface area contributed by atoms with Crippen LogP contribution in [-0.4, -0.2) is 57.8 Å². The number of hydrogen-bond donors (Lipinski definition) is 6. The van der Waals surface area contributed by atoms with Crippen LogP contribution in [0.5, 0.6) is 5.75 Å². The first-order valence-corrected chi connectivity index (χ1v) is 9.32. The summed E-state index contributed by atoms with van der Waals surface area (Å²) < 4.78 is 0. The van der Waals surface area contributed by atoms with Crippen LogP contribution >= 0.6 is 0 Å². The lowest BCUT2D eigenvalue weighted by Gasteiger charge is -2.22. The van der Waals surface area contributed by atoms with Crippen molar-refractivity contribution in [2.24, 2.45) is 5.73 Å². The summed E-state index contributed by atoms with van der Waals surface area (Å²) in [6.07, 6.45) is 0.294. The SMILES string of the molecule is N[C@@H](Cc1ccc(O)cc1)C(=O)N[C@@H](Cc1ccccc1)C(=O)N[C@@H](CO)C(=O)O. The van der Waals surface area contributed by atoms with Crippen molar-refractivity contribution >= 4 is 17.8 Å². The van der Waals surface area contributed by atoms with Crippen LogP contribution in [-0.2, 0) is 27.2 Å². The number of aliphatic hydroxyl groups excluding tert-OH is 1. The lowest BCUT2D eigenvalue weighted by atomic mass is 10.0. The number of amides is 2. The molecule has 0 aliphatic carbocycles. The number of phenols is 1. The largest absolute Gasteiger partial charge is 0.508 e. The topological polar surface area (TPSA) is 162 Å². The van der Waals surface area contributed by atoms with E-state index in [1.54, 1.807) is 42.5 Å². The van der Waals surface area contributed by atoms with Crippen molar-refractivity contribution < 1.29 is 29.7 Å². The molecule has 0 bridgehead atoms. The predicted octanol–water partition coefficient (Wildman–Crippen LogP) is -0.449. The van der Waals surface area contributed by atoms with Gasteiger partial charge in [-0.2, -0.15) is 0 Å². The smallest absolute Gasteiger partial charge is 0.328 e. The number of carboxylic acids is 1. The first-order valence-electron chi connectivity index (χ1n) is 9.32. The van der Waals surface area contributed by atoms with E-state index in [0.29, 0.717) is 0 Å². The number of nitrogens with one attached hydrogen (secondary N) is 2. The Morgan fingerprint density at radius 2 is 1.40 bits per heavy atom. The van der Waals surface area contributed by atoms with E-state index >= 15 is 0 Å². The molecular formula is C21H25N3O6. The third-order valence-electron chi connectivity index (χ3n) is 4.44. The first-order chi connectivity index (χ1) is 14.3. The molecule has 0 aromatic heterocycles. The fraction of sp³-hybridized carbons (Fsp3) is 0.286. The zero-order valence-electron chi connectivity index (χ0n) is 16.2. The van der Waals surface area contributed by atoms with Gasteiger partial charge in [0.25, 0.3) is 0 Å². The van der Waals surface area contributed by atoms with Crippen LogP contribution in [0.25, 0.3) is 0 Å². The van der Waals surface area contributed by atoms with Gasteiger partial charge in [0.2, 0.25) is 11.8 Å². The van der Waals surface area contributed by atoms with E-state index in [1.165, 1.54) is 12.1 Å². The Labute approximate surface area is 173 Å². The number of carbonyl (C=O) groups excluding carboxylic acids is 2. The molecule has 0 radical (unpaired) electrons. The summed E-state index contributed by atoms with van der Waals surface area (Å²) in [7, 11) is 0. The van der Waals surface area contributed by atoms with Gasteiger partial charge in [-0.05, 0) is 29.7 Å². The van der Waals surface area contributed by atoms with Crippen LogP contribution in [0.3, 0.4) is 0 Å². The van der Waals surface area contributed by atoms with Gasteiger partial charge in [0.15, 0.2) is 0 Å². The fourth-order valence-corrected chi connectivity index (χ4v) is 2.77. The van der Waals surface area contributed by atoms with Crippen LogP contribution in [0.1, 0.15) is 11.1 Å². The van der Waals surface area contributed by atoms with Crippen LogP contribution in [0, 0.1) is 0 Å². The molecule has 0 aliphatic heterocycles. The van der Waals surface area contributed by atoms with Gasteiger partial charge in [0.1, 0.15) is 17.8 Å². The highest BCUT2D eigenvalue weighted by Crippen LogP contribution is 2.11. The van der Waals surface area contributed by atoms with Gasteiger partial charge >= 0.3 is 5.97 Å². The molecule has 2 aromatic carbocycles. The van der Waals surface area contributed by atoms with E-state index in [1.807, 2.05) is 0 Å². The van der Waals surface area contributed by atoms with Gasteiger partial charge < -0.3 is 31.7 Å². The molecule has 0 unspecified atom stereocenters. The van der Waals surface area contributed by atoms with Crippen molar-refractivity contribution in [2.45, 2.75) is 31.0 Å². The molecule has 0 saturated heterocycles. The van der Waals surface area contributed by atoms with Gasteiger partial charge in [-0.15, -0.1) is 0 Å². The summed E-state index contributed by atoms with van der Waals surface area (Å²) >= 11 is 0. The molecule has 2 rings (SSSR count). The van der Waals surface area contributed by atoms with Crippen molar-refractivity contribution in [1.29, 1.82) is 0 Å². The highest BCUT2D eigenvalue weighted by Gasteiger charge is 2.28. The zero-order chi connectivity index (χ0) is 22.1. The molecule has 30 heavy (non-hydrogen) atoms. The Hall–Kier alpha value is -3.43. The fourth-order valence-electron chi connectivity index (χ4n) is 2.77. The number of aliphatic carboxylic acids is 1. The quantitative estimate of drug-likeness (QED) is 0.306. The number of benzene rings is 2. The maximum Gasteiger partial charge on any atom is 0.328 e. The highest BCUT2D eigenvalue weighted by molar-refractivity contribution is 5.92. The van der Waals surface area contributed by atoms with E-state index in [9.17, 15) is 19.5 Å². The Kier molecular flexibility index (Phi) is 8.33. The average Bonchev–Trinajstić information content (AvgIpc) is 2.73. The molecule has 3 atom stereocenters. The number of phenolic OH excluding ortho intramolecular Hbond substituents is 1. The summed E-state index contributed by atoms with van der Waals surface area (Å²) in [6.45, 7) is -0.784. The Morgan fingerprint density at radius 3 is 1.97 bits per heavy atom. The summed E-state index contributed by atoms with van der Waals surface area (Å²) in [5.41, 5.74) is 7.44. The Balaban J connectivity index is 2.10. The summed E-state index contributed by atoms with van der Waals surface area (Å²) in [6, 6.07) is 11.6. The number of carboxylic acid groups (broad SMARTS) is 1. The molecule has 0 fully saturated rings. The van der Waals surface area contributed by atoms with E-state index in [2.05, 4.69) is 10.6 Å². The van der Waals surface area contributed by atoms with Crippen molar-refractivity contribution in [3.63, 3.8) is 0 Å². The second-order valence-corrected chi connectivity index (χ2v) is 6.81. The minimum atomic E-state index is -1.49. The van der Waals surface area contributed by atoms with Crippen LogP contribution in [0.2, 0.25) is 0 Å². The number of nitrogens with two attached hydrogens (primary N) is 1. The molecule has 7 N–H and O–H groups in total. The minimum absolute atomic E-state index is 0.0910. The second-order valence-electron chi connectivity index (χ2n) is 6.81. The maximum absolute atomic E-state index is 12.6. The van der Waals surface area contributed by atoms with Crippen molar-refractivity contribution in [3.05, 3.63) is 65.7 Å². The molecule has 2 aromatic rings. The van der Waals surface area contributed by atoms with Gasteiger partial charge in [-0.1, -0.05) is 42.5 Å². The average molecular weight is 415 g/mol. The molecule has 9 nitrogen and oxygen atoms in total. The first kappa shape index (κ1) is 22.9. The van der Waals surface area contributed by atoms with Gasteiger partial charge in [0.05, 0.1) is 12.6 Å². The predicted molar refractivity (Wildman–Crippen MR) is 109 cm³/mol. The lowest BCUT2D eigenvalue weighted by Crippen LogP contribution is -2.56. The molecule has 9 heteroatoms. The summed E-state index contributed by atoms with van der Waals surface area (Å²) in [5, 5.41) is 32.3. The number of rotatable bonds is 10. The molecule has 0 spiro atoms. The van der Waals surface area contributed by atoms with Crippen molar-refractivity contribution in [3.8, 4) is 5.75 Å². The van der Waals surface area contributed by atoms with E-state index in [-0.39, 0.29) is 18.6 Å². The van der Waals surface area contributed by atoms with Gasteiger partial charge in [-0.25, -0.2) is 4.79 Å². The summed E-state index contributed by atoms with van der Waals surface area (Å²) in [4.78, 5) is 36.3. The van der Waals surface area contributed by atoms with E-state index in [4.69, 9.17) is 15.9 Å². The molecule has 160 valence electrons. The summed E-state index contributed by atoms with van der Waals surface area (Å²) in [5.74, 6) is -2.63. The zero-order valence-corrected chi connectivity index (χ0v) is 16.2. The third kappa shape index (κ3) is 6.87. The maximum atomic E-state index is 12.6. The van der Waals surface area contributed by atoms with Gasteiger partial charge in [0, 0.05) is 6.42 Å². The monoisotopic (exact) mass is 415 g/mol. The van der Waals surface area contributed by atoms with Crippen LogP contribution in [0.15, 0.2) is 54.6 Å². The highest BCUT2D eigenvalue weighted by atomic mass is 16.4. The number of aliphatic hydroxyl groups is 1. The normalized spacial score (nSPS) is 13.7. The Bertz CT molecular complexity index is 857. The molecule has 0 heterocycles. The molecular weight excluding hydrogens is 390 g/mol. The number of hydrogen-bond acceptors (Lipinski definition) is 6. The van der Waals surface area contributed by atoms with Crippen molar-refractivity contribution in [1.82, 2.24) is 10.6 Å². The van der Waals surface area contributed by atoms with E-state index in [0.717, 1.165) is 11.1 Å². The number of carbonyl (C=O) groups is 3. The standard InChI is InChI=1S/C21H25N3O6/c22-16(10-14-6-8-15(26)9-7-14)19(27)23-17(11-13-4-2-1-3-5-13)20(28)24-18(12-25)21(29)30/h1-9,16-18,25-26H,10-12,22H2,(H,23,27)(H,24,28)(H,29,30)/t16-,17-,18-/m0/s1. The molecule has 0 aliphatic rings. The second kappa shape index (κ2) is 10.9. The van der Waals surface area contributed by atoms with E-state index < -0.39 is 42.5 Å². The minimum Gasteiger partial charge on any atom is -0.508 e. The van der Waals surface area contributed by atoms with Crippen molar-refractivity contribution in [2.75, 3.05) is 6.61 Å². The van der Waals surface area contributed by atoms with Gasteiger partial charge in [-0.3, -0.25) is 9.59 Å². The number of aromatic hydroxyl groups is 1. The van der Waals surface area contributed by atoms with Crippen LogP contribution < -0.4 is 16.4 Å².